The largest absolute Gasteiger partial charge is 0.384 e. The Kier molecular flexibility index (Phi) is 4.22. The summed E-state index contributed by atoms with van der Waals surface area (Å²) in [6.45, 7) is 5.52. The van der Waals surface area contributed by atoms with E-state index >= 15 is 0 Å². The van der Waals surface area contributed by atoms with Gasteiger partial charge in [-0.3, -0.25) is 4.79 Å². The minimum Gasteiger partial charge on any atom is -0.384 e. The number of aromatic nitrogens is 3. The van der Waals surface area contributed by atoms with Crippen LogP contribution in [0, 0.1) is 26.6 Å². The molecule has 3 rings (SSSR count). The first-order valence-electron chi connectivity index (χ1n) is 7.72. The summed E-state index contributed by atoms with van der Waals surface area (Å²) in [4.78, 5) is 12.0. The van der Waals surface area contributed by atoms with Crippen LogP contribution in [0.3, 0.4) is 0 Å². The minimum atomic E-state index is -0.304. The molecule has 1 aromatic carbocycles. The van der Waals surface area contributed by atoms with Crippen LogP contribution in [-0.4, -0.2) is 20.7 Å². The van der Waals surface area contributed by atoms with Crippen LogP contribution in [0.5, 0.6) is 0 Å². The van der Waals surface area contributed by atoms with Crippen molar-refractivity contribution in [3.8, 4) is 5.69 Å². The smallest absolute Gasteiger partial charge is 0.273 e. The van der Waals surface area contributed by atoms with Crippen molar-refractivity contribution in [1.29, 1.82) is 0 Å². The first kappa shape index (κ1) is 16.6. The molecule has 6 nitrogen and oxygen atoms in total. The lowest BCUT2D eigenvalue weighted by Crippen LogP contribution is -2.19. The van der Waals surface area contributed by atoms with Crippen LogP contribution in [0.4, 0.5) is 10.2 Å². The number of anilines is 1. The lowest BCUT2D eigenvalue weighted by atomic mass is 10.2. The number of aryl methyl sites for hydroxylation is 2. The van der Waals surface area contributed by atoms with Crippen molar-refractivity contribution in [3.05, 3.63) is 75.1 Å². The van der Waals surface area contributed by atoms with Gasteiger partial charge >= 0.3 is 0 Å². The molecule has 25 heavy (non-hydrogen) atoms. The Hall–Kier alpha value is -3.22. The number of hydrogen-bond acceptors (Lipinski definition) is 4. The van der Waals surface area contributed by atoms with Gasteiger partial charge in [-0.25, -0.2) is 9.07 Å². The third-order valence-electron chi connectivity index (χ3n) is 3.90. The van der Waals surface area contributed by atoms with Crippen molar-refractivity contribution in [2.75, 3.05) is 5.73 Å². The number of nitrogens with two attached hydrogens (primary N) is 1. The maximum Gasteiger partial charge on any atom is 0.273 e. The fraction of sp³-hybridized carbons (Fsp3) is 0.167. The molecule has 0 radical (unpaired) electrons. The number of nitrogens with zero attached hydrogens (tertiary/aromatic N) is 4. The molecule has 128 valence electrons. The average Bonchev–Trinajstić information content (AvgIpc) is 2.82. The molecule has 2 N–H and O–H groups in total. The summed E-state index contributed by atoms with van der Waals surface area (Å²) < 4.78 is 16.0. The molecule has 0 fully saturated rings. The second-order valence-electron chi connectivity index (χ2n) is 5.82. The molecule has 0 aliphatic rings. The molecule has 0 bridgehead atoms. The molecule has 2 aromatic heterocycles. The van der Waals surface area contributed by atoms with E-state index in [1.807, 2.05) is 13.8 Å². The summed E-state index contributed by atoms with van der Waals surface area (Å²) in [5.41, 5.74) is 9.44. The van der Waals surface area contributed by atoms with Gasteiger partial charge in [-0.05, 0) is 56.7 Å². The van der Waals surface area contributed by atoms with Crippen LogP contribution >= 0.6 is 0 Å². The molecule has 0 amide bonds. The quantitative estimate of drug-likeness (QED) is 0.745. The predicted octanol–water partition coefficient (Wildman–Crippen LogP) is 2.56. The molecule has 3 aromatic rings. The van der Waals surface area contributed by atoms with Gasteiger partial charge in [-0.1, -0.05) is 0 Å². The zero-order chi connectivity index (χ0) is 18.1. The van der Waals surface area contributed by atoms with Gasteiger partial charge < -0.3 is 5.73 Å². The van der Waals surface area contributed by atoms with Crippen LogP contribution in [0.2, 0.25) is 0 Å². The number of pyridine rings is 1. The van der Waals surface area contributed by atoms with Gasteiger partial charge in [0.15, 0.2) is 0 Å². The van der Waals surface area contributed by atoms with Crippen molar-refractivity contribution in [2.24, 2.45) is 5.10 Å². The Morgan fingerprint density at radius 1 is 1.16 bits per heavy atom. The van der Waals surface area contributed by atoms with E-state index in [-0.39, 0.29) is 17.2 Å². The van der Waals surface area contributed by atoms with Gasteiger partial charge in [0.25, 0.3) is 5.56 Å². The number of rotatable bonds is 3. The monoisotopic (exact) mass is 339 g/mol. The molecule has 0 saturated carbocycles. The topological polar surface area (TPSA) is 78.2 Å². The highest BCUT2D eigenvalue weighted by molar-refractivity contribution is 5.82. The second kappa shape index (κ2) is 6.35. The number of hydrogen-bond donors (Lipinski definition) is 1. The molecule has 0 aliphatic heterocycles. The summed E-state index contributed by atoms with van der Waals surface area (Å²) in [7, 11) is 0. The molecule has 2 heterocycles. The fourth-order valence-electron chi connectivity index (χ4n) is 2.63. The van der Waals surface area contributed by atoms with E-state index in [0.717, 1.165) is 32.9 Å². The van der Waals surface area contributed by atoms with Crippen molar-refractivity contribution in [3.63, 3.8) is 0 Å². The predicted molar refractivity (Wildman–Crippen MR) is 95.8 cm³/mol. The fourth-order valence-corrected chi connectivity index (χ4v) is 2.63. The van der Waals surface area contributed by atoms with E-state index in [4.69, 9.17) is 5.73 Å². The van der Waals surface area contributed by atoms with Gasteiger partial charge in [0, 0.05) is 11.6 Å². The van der Waals surface area contributed by atoms with Crippen LogP contribution in [0.25, 0.3) is 5.69 Å². The van der Waals surface area contributed by atoms with E-state index in [9.17, 15) is 9.18 Å². The van der Waals surface area contributed by atoms with Gasteiger partial charge in [0.1, 0.15) is 11.6 Å². The van der Waals surface area contributed by atoms with Crippen molar-refractivity contribution < 1.29 is 4.39 Å². The molecular weight excluding hydrogens is 321 g/mol. The van der Waals surface area contributed by atoms with Crippen molar-refractivity contribution in [2.45, 2.75) is 20.8 Å². The van der Waals surface area contributed by atoms with Gasteiger partial charge in [-0.15, -0.1) is 0 Å². The highest BCUT2D eigenvalue weighted by Gasteiger charge is 2.11. The van der Waals surface area contributed by atoms with Gasteiger partial charge in [-0.2, -0.15) is 14.9 Å². The van der Waals surface area contributed by atoms with E-state index in [1.54, 1.807) is 36.0 Å². The molecule has 7 heteroatoms. The third-order valence-corrected chi connectivity index (χ3v) is 3.90. The van der Waals surface area contributed by atoms with E-state index < -0.39 is 0 Å². The Morgan fingerprint density at radius 3 is 2.48 bits per heavy atom. The summed E-state index contributed by atoms with van der Waals surface area (Å²) in [6.07, 6.45) is 1.56. The van der Waals surface area contributed by atoms with E-state index in [0.29, 0.717) is 0 Å². The first-order valence-corrected chi connectivity index (χ1v) is 7.72. The zero-order valence-corrected chi connectivity index (χ0v) is 14.2. The average molecular weight is 339 g/mol. The number of halogens is 1. The highest BCUT2D eigenvalue weighted by atomic mass is 19.1. The van der Waals surface area contributed by atoms with Gasteiger partial charge in [0.05, 0.1) is 23.3 Å². The van der Waals surface area contributed by atoms with Crippen LogP contribution < -0.4 is 11.3 Å². The van der Waals surface area contributed by atoms with Crippen molar-refractivity contribution in [1.82, 2.24) is 14.5 Å². The summed E-state index contributed by atoms with van der Waals surface area (Å²) >= 11 is 0. The molecule has 0 unspecified atom stereocenters. The van der Waals surface area contributed by atoms with E-state index in [2.05, 4.69) is 10.2 Å². The minimum absolute atomic E-state index is 0.266. The normalized spacial score (nSPS) is 11.4. The van der Waals surface area contributed by atoms with Crippen LogP contribution in [0.15, 0.2) is 46.3 Å². The summed E-state index contributed by atoms with van der Waals surface area (Å²) in [5.74, 6) is -0.0382. The maximum atomic E-state index is 13.1. The zero-order valence-electron chi connectivity index (χ0n) is 14.2. The van der Waals surface area contributed by atoms with E-state index in [1.165, 1.54) is 18.2 Å². The lowest BCUT2D eigenvalue weighted by molar-refractivity contribution is 0.627. The molecule has 0 atom stereocenters. The van der Waals surface area contributed by atoms with Gasteiger partial charge in [0.2, 0.25) is 0 Å². The third kappa shape index (κ3) is 3.21. The second-order valence-corrected chi connectivity index (χ2v) is 5.82. The molecule has 0 aliphatic carbocycles. The molecule has 0 spiro atoms. The Bertz CT molecular complexity index is 1020. The Morgan fingerprint density at radius 2 is 1.84 bits per heavy atom. The summed E-state index contributed by atoms with van der Waals surface area (Å²) in [5, 5.41) is 8.67. The van der Waals surface area contributed by atoms with Crippen molar-refractivity contribution >= 4 is 12.0 Å². The summed E-state index contributed by atoms with van der Waals surface area (Å²) in [6, 6.07) is 9.21. The number of nitrogen functional groups attached to an aromatic ring is 1. The molecular formula is C18H18FN5O. The first-order chi connectivity index (χ1) is 11.9. The SMILES string of the molecule is Cc1cc(N)n(N=Cc2c(C)nn(-c3ccc(F)cc3)c2C)c(=O)c1. The van der Waals surface area contributed by atoms with Crippen LogP contribution in [-0.2, 0) is 0 Å². The number of benzene rings is 1. The molecule has 0 saturated heterocycles. The standard InChI is InChI=1S/C18H18FN5O/c1-11-8-17(20)24(18(25)9-11)21-10-16-12(2)22-23(13(16)3)15-6-4-14(19)5-7-15/h4-10H,20H2,1-3H3. The maximum absolute atomic E-state index is 13.1. The lowest BCUT2D eigenvalue weighted by Gasteiger charge is -2.05. The Labute approximate surface area is 144 Å². The highest BCUT2D eigenvalue weighted by Crippen LogP contribution is 2.17. The van der Waals surface area contributed by atoms with Crippen LogP contribution in [0.1, 0.15) is 22.5 Å². The Balaban J connectivity index is 2.02.